The van der Waals surface area contributed by atoms with Gasteiger partial charge in [-0.2, -0.15) is 0 Å². The summed E-state index contributed by atoms with van der Waals surface area (Å²) in [7, 11) is 0. The Kier molecular flexibility index (Phi) is 6.34. The van der Waals surface area contributed by atoms with Crippen LogP contribution in [0.1, 0.15) is 0 Å². The number of hydrogen-bond acceptors (Lipinski definition) is 1. The molecule has 0 saturated carbocycles. The predicted molar refractivity (Wildman–Crippen MR) is 231 cm³/mol. The number of nitrogens with zero attached hydrogens (tertiary/aromatic N) is 2. The first-order chi connectivity index (χ1) is 27.2. The van der Waals surface area contributed by atoms with Gasteiger partial charge in [0.1, 0.15) is 11.2 Å². The molecule has 3 heterocycles. The first-order valence-corrected chi connectivity index (χ1v) is 18.8. The topological polar surface area (TPSA) is 23.0 Å². The van der Waals surface area contributed by atoms with Crippen molar-refractivity contribution < 1.29 is 4.42 Å². The van der Waals surface area contributed by atoms with Gasteiger partial charge < -0.3 is 13.6 Å². The maximum Gasteiger partial charge on any atom is 0.137 e. The van der Waals surface area contributed by atoms with Crippen molar-refractivity contribution in [2.24, 2.45) is 0 Å². The van der Waals surface area contributed by atoms with Crippen LogP contribution in [0.2, 0.25) is 0 Å². The van der Waals surface area contributed by atoms with Crippen LogP contribution < -0.4 is 0 Å². The quantitative estimate of drug-likeness (QED) is 0.179. The van der Waals surface area contributed by atoms with E-state index in [1.54, 1.807) is 0 Å². The molecule has 9 aromatic carbocycles. The van der Waals surface area contributed by atoms with Gasteiger partial charge in [-0.15, -0.1) is 0 Å². The van der Waals surface area contributed by atoms with E-state index >= 15 is 0 Å². The molecular formula is C52H32N2O. The molecule has 0 spiro atoms. The lowest BCUT2D eigenvalue weighted by Gasteiger charge is -2.11. The van der Waals surface area contributed by atoms with E-state index in [4.69, 9.17) is 4.42 Å². The number of hydrogen-bond donors (Lipinski definition) is 0. The molecule has 0 saturated heterocycles. The molecular weight excluding hydrogens is 669 g/mol. The van der Waals surface area contributed by atoms with Crippen molar-refractivity contribution in [3.8, 4) is 33.6 Å². The highest BCUT2D eigenvalue weighted by Gasteiger charge is 2.19. The lowest BCUT2D eigenvalue weighted by Crippen LogP contribution is -1.94. The summed E-state index contributed by atoms with van der Waals surface area (Å²) in [4.78, 5) is 0. The van der Waals surface area contributed by atoms with Crippen LogP contribution in [0.5, 0.6) is 0 Å². The van der Waals surface area contributed by atoms with Gasteiger partial charge in [0, 0.05) is 49.8 Å². The Morgan fingerprint density at radius 1 is 0.273 bits per heavy atom. The Hall–Kier alpha value is -7.36. The van der Waals surface area contributed by atoms with Gasteiger partial charge in [-0.1, -0.05) is 121 Å². The second-order valence-corrected chi connectivity index (χ2v) is 14.6. The van der Waals surface area contributed by atoms with Crippen LogP contribution in [-0.2, 0) is 0 Å². The molecule has 0 radical (unpaired) electrons. The van der Waals surface area contributed by atoms with Crippen molar-refractivity contribution in [2.75, 3.05) is 0 Å². The fourth-order valence-corrected chi connectivity index (χ4v) is 8.90. The highest BCUT2D eigenvalue weighted by Crippen LogP contribution is 2.41. The second kappa shape index (κ2) is 11.6. The Bertz CT molecular complexity index is 3490. The van der Waals surface area contributed by atoms with Crippen molar-refractivity contribution in [1.82, 2.24) is 9.13 Å². The van der Waals surface area contributed by atoms with E-state index in [9.17, 15) is 0 Å². The van der Waals surface area contributed by atoms with Crippen LogP contribution in [0.15, 0.2) is 199 Å². The molecule has 0 aliphatic rings. The van der Waals surface area contributed by atoms with Gasteiger partial charge in [-0.25, -0.2) is 0 Å². The summed E-state index contributed by atoms with van der Waals surface area (Å²) in [6, 6.07) is 70.4. The molecule has 0 amide bonds. The van der Waals surface area contributed by atoms with E-state index in [1.165, 1.54) is 71.3 Å². The monoisotopic (exact) mass is 700 g/mol. The van der Waals surface area contributed by atoms with Crippen LogP contribution in [0.4, 0.5) is 0 Å². The average molecular weight is 701 g/mol. The number of fused-ring (bicyclic) bond motifs is 10. The van der Waals surface area contributed by atoms with Gasteiger partial charge in [-0.3, -0.25) is 0 Å². The fourth-order valence-electron chi connectivity index (χ4n) is 8.90. The first-order valence-electron chi connectivity index (χ1n) is 18.8. The van der Waals surface area contributed by atoms with Gasteiger partial charge in [-0.05, 0) is 99.8 Å². The molecule has 3 nitrogen and oxygen atoms in total. The zero-order valence-corrected chi connectivity index (χ0v) is 29.8. The van der Waals surface area contributed by atoms with Gasteiger partial charge >= 0.3 is 0 Å². The zero-order chi connectivity index (χ0) is 36.0. The molecule has 55 heavy (non-hydrogen) atoms. The second-order valence-electron chi connectivity index (χ2n) is 14.6. The summed E-state index contributed by atoms with van der Waals surface area (Å²) in [5, 5.41) is 9.66. The van der Waals surface area contributed by atoms with E-state index in [0.29, 0.717) is 0 Å². The summed E-state index contributed by atoms with van der Waals surface area (Å²) in [6.07, 6.45) is 0. The van der Waals surface area contributed by atoms with Crippen LogP contribution in [0.3, 0.4) is 0 Å². The molecule has 0 bridgehead atoms. The van der Waals surface area contributed by atoms with Crippen molar-refractivity contribution in [3.05, 3.63) is 194 Å². The average Bonchev–Trinajstić information content (AvgIpc) is 3.89. The van der Waals surface area contributed by atoms with Crippen molar-refractivity contribution >= 4 is 76.3 Å². The van der Waals surface area contributed by atoms with E-state index < -0.39 is 0 Å². The normalized spacial score (nSPS) is 12.0. The minimum atomic E-state index is 0.894. The number of para-hydroxylation sites is 2. The van der Waals surface area contributed by atoms with Crippen LogP contribution >= 0.6 is 0 Å². The standard InChI is InChI=1S/C52H32N2O/c1-2-11-33(12-3-1)36-15-10-16-39(27-36)54-49-26-23-38(30-44(49)45-31-46-42-18-7-9-20-51(42)55-52(46)32-50(45)54)37-22-25-48-43(29-37)41-17-6-8-19-47(41)53(48)40-24-21-34-13-4-5-14-35(34)28-40/h1-32H. The van der Waals surface area contributed by atoms with Crippen LogP contribution in [-0.4, -0.2) is 9.13 Å². The molecule has 3 heteroatoms. The summed E-state index contributed by atoms with van der Waals surface area (Å²) < 4.78 is 11.3. The highest BCUT2D eigenvalue weighted by molar-refractivity contribution is 6.18. The molecule has 0 atom stereocenters. The number of furan rings is 1. The first kappa shape index (κ1) is 30.1. The summed E-state index contributed by atoms with van der Waals surface area (Å²) in [5.41, 5.74) is 13.5. The summed E-state index contributed by atoms with van der Waals surface area (Å²) >= 11 is 0. The molecule has 256 valence electrons. The Morgan fingerprint density at radius 3 is 1.71 bits per heavy atom. The Balaban J connectivity index is 1.08. The lowest BCUT2D eigenvalue weighted by atomic mass is 10.00. The molecule has 0 fully saturated rings. The largest absolute Gasteiger partial charge is 0.456 e. The number of rotatable bonds is 4. The molecule has 3 aromatic heterocycles. The minimum absolute atomic E-state index is 0.894. The van der Waals surface area contributed by atoms with E-state index in [0.717, 1.165) is 38.7 Å². The third-order valence-electron chi connectivity index (χ3n) is 11.5. The maximum atomic E-state index is 6.45. The van der Waals surface area contributed by atoms with E-state index in [-0.39, 0.29) is 0 Å². The maximum absolute atomic E-state index is 6.45. The Labute approximate surface area is 316 Å². The molecule has 12 rings (SSSR count). The van der Waals surface area contributed by atoms with Crippen LogP contribution in [0, 0.1) is 0 Å². The van der Waals surface area contributed by atoms with Gasteiger partial charge in [0.15, 0.2) is 0 Å². The number of benzene rings is 9. The SMILES string of the molecule is c1ccc(-c2cccc(-n3c4ccc(-c5ccc6c(c5)c5ccccc5n6-c5ccc6ccccc6c5)cc4c4cc5c(cc43)oc3ccccc35)c2)cc1. The van der Waals surface area contributed by atoms with E-state index in [1.807, 2.05) is 6.07 Å². The van der Waals surface area contributed by atoms with Crippen molar-refractivity contribution in [3.63, 3.8) is 0 Å². The predicted octanol–water partition coefficient (Wildman–Crippen LogP) is 14.3. The lowest BCUT2D eigenvalue weighted by molar-refractivity contribution is 0.669. The van der Waals surface area contributed by atoms with Gasteiger partial charge in [0.25, 0.3) is 0 Å². The molecule has 0 aliphatic heterocycles. The highest BCUT2D eigenvalue weighted by atomic mass is 16.3. The van der Waals surface area contributed by atoms with Crippen LogP contribution in [0.25, 0.3) is 110 Å². The summed E-state index contributed by atoms with van der Waals surface area (Å²) in [5.74, 6) is 0. The van der Waals surface area contributed by atoms with Crippen molar-refractivity contribution in [2.45, 2.75) is 0 Å². The number of aromatic nitrogens is 2. The summed E-state index contributed by atoms with van der Waals surface area (Å²) in [6.45, 7) is 0. The molecule has 0 aliphatic carbocycles. The molecule has 0 N–H and O–H groups in total. The van der Waals surface area contributed by atoms with Crippen molar-refractivity contribution in [1.29, 1.82) is 0 Å². The third-order valence-corrected chi connectivity index (χ3v) is 11.5. The molecule has 0 unspecified atom stereocenters. The van der Waals surface area contributed by atoms with Gasteiger partial charge in [0.2, 0.25) is 0 Å². The third kappa shape index (κ3) is 4.57. The van der Waals surface area contributed by atoms with Gasteiger partial charge in [0.05, 0.1) is 22.1 Å². The fraction of sp³-hybridized carbons (Fsp3) is 0. The zero-order valence-electron chi connectivity index (χ0n) is 29.8. The van der Waals surface area contributed by atoms with E-state index in [2.05, 4.69) is 197 Å². The Morgan fingerprint density at radius 2 is 0.873 bits per heavy atom. The molecule has 12 aromatic rings. The smallest absolute Gasteiger partial charge is 0.137 e. The minimum Gasteiger partial charge on any atom is -0.456 e.